The summed E-state index contributed by atoms with van der Waals surface area (Å²) in [6.45, 7) is 8.56. The van der Waals surface area contributed by atoms with Crippen molar-refractivity contribution >= 4 is 23.2 Å². The summed E-state index contributed by atoms with van der Waals surface area (Å²) >= 11 is 1.67. The summed E-state index contributed by atoms with van der Waals surface area (Å²) in [4.78, 5) is 28.0. The third-order valence-corrected chi connectivity index (χ3v) is 5.06. The highest BCUT2D eigenvalue weighted by Gasteiger charge is 2.40. The molecular formula is C16H24N2O2S. The van der Waals surface area contributed by atoms with Crippen molar-refractivity contribution in [2.24, 2.45) is 5.92 Å². The third kappa shape index (κ3) is 3.12. The fourth-order valence-corrected chi connectivity index (χ4v) is 3.78. The molecule has 2 amide bonds. The monoisotopic (exact) mass is 308 g/mol. The fourth-order valence-electron chi connectivity index (χ4n) is 2.81. The predicted molar refractivity (Wildman–Crippen MR) is 85.1 cm³/mol. The first-order valence-electron chi connectivity index (χ1n) is 7.65. The van der Waals surface area contributed by atoms with E-state index >= 15 is 0 Å². The van der Waals surface area contributed by atoms with Gasteiger partial charge >= 0.3 is 0 Å². The predicted octanol–water partition coefficient (Wildman–Crippen LogP) is 2.57. The van der Waals surface area contributed by atoms with E-state index in [9.17, 15) is 9.59 Å². The standard InChI is InChI=1S/C16H24N2O2S/c1-5-11-7-8-21-13(11)9-18-12(6-2)15(19)17-14(10(3)4)16(18)20/h7-8,10,12,14H,5-6,9H2,1-4H3,(H,17,19). The topological polar surface area (TPSA) is 49.4 Å². The lowest BCUT2D eigenvalue weighted by molar-refractivity contribution is -0.151. The van der Waals surface area contributed by atoms with E-state index in [-0.39, 0.29) is 23.8 Å². The highest BCUT2D eigenvalue weighted by atomic mass is 32.1. The molecule has 21 heavy (non-hydrogen) atoms. The molecule has 2 atom stereocenters. The Morgan fingerprint density at radius 2 is 2.05 bits per heavy atom. The van der Waals surface area contributed by atoms with Gasteiger partial charge in [0.1, 0.15) is 12.1 Å². The Bertz CT molecular complexity index is 524. The molecule has 116 valence electrons. The van der Waals surface area contributed by atoms with Crippen LogP contribution in [0, 0.1) is 5.92 Å². The molecule has 1 aliphatic rings. The number of rotatable bonds is 5. The largest absolute Gasteiger partial charge is 0.342 e. The van der Waals surface area contributed by atoms with E-state index in [0.717, 1.165) is 6.42 Å². The zero-order valence-electron chi connectivity index (χ0n) is 13.2. The molecule has 5 heteroatoms. The molecule has 1 aromatic rings. The molecule has 1 N–H and O–H groups in total. The van der Waals surface area contributed by atoms with E-state index in [0.29, 0.717) is 13.0 Å². The van der Waals surface area contributed by atoms with Gasteiger partial charge in [-0.05, 0) is 35.8 Å². The van der Waals surface area contributed by atoms with Crippen LogP contribution in [-0.4, -0.2) is 28.8 Å². The number of carbonyl (C=O) groups is 2. The normalized spacial score (nSPS) is 22.8. The van der Waals surface area contributed by atoms with Crippen molar-refractivity contribution < 1.29 is 9.59 Å². The molecule has 0 saturated carbocycles. The summed E-state index contributed by atoms with van der Waals surface area (Å²) in [5.41, 5.74) is 1.27. The second kappa shape index (κ2) is 6.60. The summed E-state index contributed by atoms with van der Waals surface area (Å²) in [5.74, 6) is 0.132. The Hall–Kier alpha value is -1.36. The summed E-state index contributed by atoms with van der Waals surface area (Å²) in [5, 5.41) is 4.94. The van der Waals surface area contributed by atoms with Gasteiger partial charge in [-0.1, -0.05) is 27.7 Å². The zero-order chi connectivity index (χ0) is 15.6. The minimum atomic E-state index is -0.398. The van der Waals surface area contributed by atoms with Crippen molar-refractivity contribution in [2.75, 3.05) is 0 Å². The van der Waals surface area contributed by atoms with Crippen molar-refractivity contribution in [1.29, 1.82) is 0 Å². The number of aryl methyl sites for hydroxylation is 1. The molecule has 2 unspecified atom stereocenters. The third-order valence-electron chi connectivity index (χ3n) is 4.11. The molecule has 4 nitrogen and oxygen atoms in total. The van der Waals surface area contributed by atoms with Gasteiger partial charge in [0.25, 0.3) is 0 Å². The first-order valence-corrected chi connectivity index (χ1v) is 8.53. The highest BCUT2D eigenvalue weighted by Crippen LogP contribution is 2.25. The Morgan fingerprint density at radius 1 is 1.33 bits per heavy atom. The van der Waals surface area contributed by atoms with Gasteiger partial charge in [-0.3, -0.25) is 9.59 Å². The number of nitrogens with zero attached hydrogens (tertiary/aromatic N) is 1. The molecule has 2 rings (SSSR count). The van der Waals surface area contributed by atoms with Crippen molar-refractivity contribution in [2.45, 2.75) is 59.2 Å². The summed E-state index contributed by atoms with van der Waals surface area (Å²) in [6.07, 6.45) is 1.60. The van der Waals surface area contributed by atoms with Crippen molar-refractivity contribution in [3.63, 3.8) is 0 Å². The van der Waals surface area contributed by atoms with Gasteiger partial charge in [-0.2, -0.15) is 0 Å². The molecule has 0 radical (unpaired) electrons. The average Bonchev–Trinajstić information content (AvgIpc) is 2.89. The minimum absolute atomic E-state index is 0.0228. The van der Waals surface area contributed by atoms with Gasteiger partial charge in [0.05, 0.1) is 6.54 Å². The van der Waals surface area contributed by atoms with Crippen LogP contribution in [0.5, 0.6) is 0 Å². The number of nitrogens with one attached hydrogen (secondary N) is 1. The maximum Gasteiger partial charge on any atom is 0.246 e. The van der Waals surface area contributed by atoms with Crippen LogP contribution < -0.4 is 5.32 Å². The molecule has 0 bridgehead atoms. The van der Waals surface area contributed by atoms with Gasteiger partial charge in [-0.15, -0.1) is 11.3 Å². The summed E-state index contributed by atoms with van der Waals surface area (Å²) < 4.78 is 0. The van der Waals surface area contributed by atoms with Crippen LogP contribution in [-0.2, 0) is 22.6 Å². The van der Waals surface area contributed by atoms with Gasteiger partial charge < -0.3 is 10.2 Å². The quantitative estimate of drug-likeness (QED) is 0.909. The molecule has 2 heterocycles. The lowest BCUT2D eigenvalue weighted by atomic mass is 9.96. The van der Waals surface area contributed by atoms with Crippen LogP contribution in [0.25, 0.3) is 0 Å². The number of carbonyl (C=O) groups excluding carboxylic acids is 2. The molecule has 0 aliphatic carbocycles. The summed E-state index contributed by atoms with van der Waals surface area (Å²) in [7, 11) is 0. The van der Waals surface area contributed by atoms with Gasteiger partial charge in [0.15, 0.2) is 0 Å². The lowest BCUT2D eigenvalue weighted by Crippen LogP contribution is -2.64. The number of thiophene rings is 1. The van der Waals surface area contributed by atoms with Crippen LogP contribution in [0.1, 0.15) is 44.6 Å². The second-order valence-corrected chi connectivity index (χ2v) is 6.84. The Kier molecular flexibility index (Phi) is 5.04. The Labute approximate surface area is 130 Å². The zero-order valence-corrected chi connectivity index (χ0v) is 14.0. The number of hydrogen-bond acceptors (Lipinski definition) is 3. The molecular weight excluding hydrogens is 284 g/mol. The van der Waals surface area contributed by atoms with E-state index in [1.165, 1.54) is 10.4 Å². The summed E-state index contributed by atoms with van der Waals surface area (Å²) in [6, 6.07) is 1.36. The van der Waals surface area contributed by atoms with E-state index in [1.54, 1.807) is 16.2 Å². The van der Waals surface area contributed by atoms with Crippen LogP contribution in [0.15, 0.2) is 11.4 Å². The Balaban J connectivity index is 2.27. The van der Waals surface area contributed by atoms with Gasteiger partial charge in [0, 0.05) is 4.88 Å². The van der Waals surface area contributed by atoms with Crippen molar-refractivity contribution in [3.8, 4) is 0 Å². The van der Waals surface area contributed by atoms with Gasteiger partial charge in [-0.25, -0.2) is 0 Å². The maximum atomic E-state index is 12.7. The van der Waals surface area contributed by atoms with Crippen LogP contribution >= 0.6 is 11.3 Å². The van der Waals surface area contributed by atoms with E-state index in [1.807, 2.05) is 20.8 Å². The van der Waals surface area contributed by atoms with Crippen LogP contribution in [0.3, 0.4) is 0 Å². The molecule has 0 spiro atoms. The van der Waals surface area contributed by atoms with Gasteiger partial charge in [0.2, 0.25) is 11.8 Å². The molecule has 1 aromatic heterocycles. The fraction of sp³-hybridized carbons (Fsp3) is 0.625. The minimum Gasteiger partial charge on any atom is -0.342 e. The molecule has 0 aromatic carbocycles. The maximum absolute atomic E-state index is 12.7. The highest BCUT2D eigenvalue weighted by molar-refractivity contribution is 7.10. The Morgan fingerprint density at radius 3 is 2.62 bits per heavy atom. The second-order valence-electron chi connectivity index (χ2n) is 5.84. The smallest absolute Gasteiger partial charge is 0.246 e. The van der Waals surface area contributed by atoms with Crippen molar-refractivity contribution in [3.05, 3.63) is 21.9 Å². The van der Waals surface area contributed by atoms with E-state index in [2.05, 4.69) is 23.7 Å². The van der Waals surface area contributed by atoms with E-state index < -0.39 is 6.04 Å². The first kappa shape index (κ1) is 16.0. The lowest BCUT2D eigenvalue weighted by Gasteiger charge is -2.40. The SMILES string of the molecule is CCc1ccsc1CN1C(=O)C(C(C)C)NC(=O)C1CC. The first-order chi connectivity index (χ1) is 9.99. The molecule has 1 saturated heterocycles. The van der Waals surface area contributed by atoms with Crippen LogP contribution in [0.4, 0.5) is 0 Å². The van der Waals surface area contributed by atoms with Crippen molar-refractivity contribution in [1.82, 2.24) is 10.2 Å². The van der Waals surface area contributed by atoms with Crippen LogP contribution in [0.2, 0.25) is 0 Å². The molecule has 1 aliphatic heterocycles. The average molecular weight is 308 g/mol. The van der Waals surface area contributed by atoms with E-state index in [4.69, 9.17) is 0 Å². The molecule has 1 fully saturated rings. The number of hydrogen-bond donors (Lipinski definition) is 1. The number of amides is 2. The number of piperazine rings is 1.